The summed E-state index contributed by atoms with van der Waals surface area (Å²) in [5.74, 6) is 0. The van der Waals surface area contributed by atoms with E-state index in [9.17, 15) is 0 Å². The Morgan fingerprint density at radius 2 is 0.980 bits per heavy atom. The Morgan fingerprint density at radius 3 is 1.75 bits per heavy atom. The fourth-order valence-electron chi connectivity index (χ4n) is 7.58. The standard InChI is InChI=1S/C48H32N2O/c1-2-13-36(14-3-1)49-44-29-28-35(34-12-10-15-37(30-34)50-45-21-7-4-16-39(45)40-17-5-8-22-46(40)50)31-43(44)33-26-24-32(25-27-33)38-19-11-20-42-41-18-6-9-23-47(41)51-48(38)42/h1-31,49H. The third-order valence-electron chi connectivity index (χ3n) is 10.0. The number of benzene rings is 8. The highest BCUT2D eigenvalue weighted by atomic mass is 16.3. The Morgan fingerprint density at radius 1 is 0.392 bits per heavy atom. The van der Waals surface area contributed by atoms with Crippen LogP contribution >= 0.6 is 0 Å². The van der Waals surface area contributed by atoms with Gasteiger partial charge in [0, 0.05) is 49.7 Å². The van der Waals surface area contributed by atoms with E-state index >= 15 is 0 Å². The Bertz CT molecular complexity index is 2820. The summed E-state index contributed by atoms with van der Waals surface area (Å²) < 4.78 is 8.75. The zero-order chi connectivity index (χ0) is 33.7. The third-order valence-corrected chi connectivity index (χ3v) is 10.0. The molecule has 3 nitrogen and oxygen atoms in total. The van der Waals surface area contributed by atoms with E-state index < -0.39 is 0 Å². The molecule has 3 heteroatoms. The van der Waals surface area contributed by atoms with E-state index in [4.69, 9.17) is 4.42 Å². The van der Waals surface area contributed by atoms with Crippen molar-refractivity contribution in [3.63, 3.8) is 0 Å². The Balaban J connectivity index is 1.08. The number of hydrogen-bond donors (Lipinski definition) is 1. The van der Waals surface area contributed by atoms with Crippen LogP contribution in [0.2, 0.25) is 0 Å². The van der Waals surface area contributed by atoms with Crippen LogP contribution in [0.3, 0.4) is 0 Å². The van der Waals surface area contributed by atoms with Crippen molar-refractivity contribution in [3.8, 4) is 39.1 Å². The van der Waals surface area contributed by atoms with Crippen molar-refractivity contribution in [2.75, 3.05) is 5.32 Å². The predicted octanol–water partition coefficient (Wildman–Crippen LogP) is 13.4. The van der Waals surface area contributed by atoms with E-state index in [0.29, 0.717) is 0 Å². The fourth-order valence-corrected chi connectivity index (χ4v) is 7.58. The number of nitrogens with one attached hydrogen (secondary N) is 1. The zero-order valence-electron chi connectivity index (χ0n) is 27.8. The van der Waals surface area contributed by atoms with E-state index in [1.165, 1.54) is 21.8 Å². The van der Waals surface area contributed by atoms with Crippen LogP contribution in [0.15, 0.2) is 192 Å². The average Bonchev–Trinajstić information content (AvgIpc) is 3.75. The van der Waals surface area contributed by atoms with Gasteiger partial charge in [0.15, 0.2) is 0 Å². The molecular weight excluding hydrogens is 621 g/mol. The molecule has 0 atom stereocenters. The van der Waals surface area contributed by atoms with Gasteiger partial charge in [-0.2, -0.15) is 0 Å². The lowest BCUT2D eigenvalue weighted by Crippen LogP contribution is -1.96. The highest BCUT2D eigenvalue weighted by Crippen LogP contribution is 2.39. The van der Waals surface area contributed by atoms with Gasteiger partial charge >= 0.3 is 0 Å². The van der Waals surface area contributed by atoms with Gasteiger partial charge in [-0.1, -0.05) is 133 Å². The van der Waals surface area contributed by atoms with Gasteiger partial charge in [-0.15, -0.1) is 0 Å². The second-order valence-electron chi connectivity index (χ2n) is 13.0. The van der Waals surface area contributed by atoms with Crippen LogP contribution in [-0.4, -0.2) is 4.57 Å². The molecule has 2 aromatic heterocycles. The minimum Gasteiger partial charge on any atom is -0.455 e. The second-order valence-corrected chi connectivity index (χ2v) is 13.0. The molecule has 240 valence electrons. The molecule has 10 aromatic rings. The zero-order valence-corrected chi connectivity index (χ0v) is 27.8. The number of nitrogens with zero attached hydrogens (tertiary/aromatic N) is 1. The van der Waals surface area contributed by atoms with Crippen molar-refractivity contribution in [2.24, 2.45) is 0 Å². The highest BCUT2D eigenvalue weighted by Gasteiger charge is 2.15. The van der Waals surface area contributed by atoms with Crippen molar-refractivity contribution in [1.29, 1.82) is 0 Å². The molecule has 0 saturated carbocycles. The smallest absolute Gasteiger partial charge is 0.143 e. The number of hydrogen-bond acceptors (Lipinski definition) is 2. The second kappa shape index (κ2) is 11.9. The molecule has 0 saturated heterocycles. The average molecular weight is 653 g/mol. The summed E-state index contributed by atoms with van der Waals surface area (Å²) in [6.45, 7) is 0. The molecule has 0 fully saturated rings. The minimum atomic E-state index is 0.909. The molecule has 0 radical (unpaired) electrons. The van der Waals surface area contributed by atoms with Gasteiger partial charge in [0.2, 0.25) is 0 Å². The largest absolute Gasteiger partial charge is 0.455 e. The SMILES string of the molecule is c1ccc(Nc2ccc(-c3cccc(-n4c5ccccc5c5ccccc54)c3)cc2-c2ccc(-c3cccc4c3oc3ccccc34)cc2)cc1. The first-order valence-electron chi connectivity index (χ1n) is 17.3. The van der Waals surface area contributed by atoms with Crippen LogP contribution < -0.4 is 5.32 Å². The molecule has 0 amide bonds. The Kier molecular flexibility index (Phi) is 6.81. The van der Waals surface area contributed by atoms with Crippen molar-refractivity contribution in [1.82, 2.24) is 4.57 Å². The number of furan rings is 1. The lowest BCUT2D eigenvalue weighted by atomic mass is 9.95. The highest BCUT2D eigenvalue weighted by molar-refractivity contribution is 6.10. The van der Waals surface area contributed by atoms with E-state index in [2.05, 4.69) is 180 Å². The quantitative estimate of drug-likeness (QED) is 0.194. The first-order valence-corrected chi connectivity index (χ1v) is 17.3. The lowest BCUT2D eigenvalue weighted by molar-refractivity contribution is 0.670. The summed E-state index contributed by atoms with van der Waals surface area (Å²) in [4.78, 5) is 0. The van der Waals surface area contributed by atoms with Crippen molar-refractivity contribution in [2.45, 2.75) is 0 Å². The van der Waals surface area contributed by atoms with Gasteiger partial charge in [-0.25, -0.2) is 0 Å². The van der Waals surface area contributed by atoms with E-state index in [1.54, 1.807) is 0 Å². The maximum Gasteiger partial charge on any atom is 0.143 e. The third kappa shape index (κ3) is 4.98. The van der Waals surface area contributed by atoms with Crippen LogP contribution in [0.4, 0.5) is 11.4 Å². The first kappa shape index (κ1) is 29.1. The van der Waals surface area contributed by atoms with Gasteiger partial charge in [-0.05, 0) is 76.9 Å². The summed E-state index contributed by atoms with van der Waals surface area (Å²) in [5, 5.41) is 8.49. The molecule has 0 spiro atoms. The molecule has 0 aliphatic carbocycles. The van der Waals surface area contributed by atoms with E-state index in [-0.39, 0.29) is 0 Å². The number of rotatable bonds is 6. The maximum atomic E-state index is 6.38. The Labute approximate surface area is 295 Å². The minimum absolute atomic E-state index is 0.909. The molecule has 0 aliphatic heterocycles. The molecule has 2 heterocycles. The number of aromatic nitrogens is 1. The molecule has 1 N–H and O–H groups in total. The predicted molar refractivity (Wildman–Crippen MR) is 214 cm³/mol. The molecule has 0 bridgehead atoms. The van der Waals surface area contributed by atoms with Crippen molar-refractivity contribution < 1.29 is 4.42 Å². The van der Waals surface area contributed by atoms with E-state index in [1.807, 2.05) is 18.2 Å². The topological polar surface area (TPSA) is 30.1 Å². The van der Waals surface area contributed by atoms with Crippen molar-refractivity contribution >= 4 is 55.1 Å². The number of para-hydroxylation sites is 5. The van der Waals surface area contributed by atoms with Crippen LogP contribution in [-0.2, 0) is 0 Å². The van der Waals surface area contributed by atoms with Crippen LogP contribution in [0, 0.1) is 0 Å². The summed E-state index contributed by atoms with van der Waals surface area (Å²) in [6.07, 6.45) is 0. The monoisotopic (exact) mass is 652 g/mol. The first-order chi connectivity index (χ1) is 25.3. The van der Waals surface area contributed by atoms with Crippen LogP contribution in [0.5, 0.6) is 0 Å². The molecule has 8 aromatic carbocycles. The molecule has 51 heavy (non-hydrogen) atoms. The lowest BCUT2D eigenvalue weighted by Gasteiger charge is -2.16. The van der Waals surface area contributed by atoms with Gasteiger partial charge in [0.05, 0.1) is 11.0 Å². The van der Waals surface area contributed by atoms with Crippen LogP contribution in [0.1, 0.15) is 0 Å². The fraction of sp³-hybridized carbons (Fsp3) is 0. The van der Waals surface area contributed by atoms with Gasteiger partial charge in [0.1, 0.15) is 11.2 Å². The van der Waals surface area contributed by atoms with Crippen molar-refractivity contribution in [3.05, 3.63) is 188 Å². The van der Waals surface area contributed by atoms with Gasteiger partial charge in [-0.3, -0.25) is 0 Å². The number of anilines is 2. The van der Waals surface area contributed by atoms with Crippen LogP contribution in [0.25, 0.3) is 82.8 Å². The molecule has 10 rings (SSSR count). The van der Waals surface area contributed by atoms with Gasteiger partial charge < -0.3 is 14.3 Å². The number of fused-ring (bicyclic) bond motifs is 6. The van der Waals surface area contributed by atoms with Gasteiger partial charge in [0.25, 0.3) is 0 Å². The summed E-state index contributed by atoms with van der Waals surface area (Å²) in [6, 6.07) is 66.8. The Hall–Kier alpha value is -6.84. The summed E-state index contributed by atoms with van der Waals surface area (Å²) >= 11 is 0. The molecule has 0 unspecified atom stereocenters. The maximum absolute atomic E-state index is 6.38. The summed E-state index contributed by atoms with van der Waals surface area (Å²) in [5.41, 5.74) is 14.3. The molecular formula is C48H32N2O. The summed E-state index contributed by atoms with van der Waals surface area (Å²) in [7, 11) is 0. The van der Waals surface area contributed by atoms with E-state index in [0.717, 1.165) is 72.4 Å². The normalized spacial score (nSPS) is 11.5. The molecule has 0 aliphatic rings.